The topological polar surface area (TPSA) is 53.2 Å². The summed E-state index contributed by atoms with van der Waals surface area (Å²) in [7, 11) is 0. The summed E-state index contributed by atoms with van der Waals surface area (Å²) < 4.78 is 5.91. The van der Waals surface area contributed by atoms with E-state index in [4.69, 9.17) is 26.7 Å². The molecule has 0 aromatic heterocycles. The van der Waals surface area contributed by atoms with Gasteiger partial charge in [0.25, 0.3) is 0 Å². The van der Waals surface area contributed by atoms with E-state index in [0.717, 1.165) is 4.47 Å². The summed E-state index contributed by atoms with van der Waals surface area (Å²) in [5.41, 5.74) is 0.680. The molecule has 0 fully saturated rings. The van der Waals surface area contributed by atoms with Gasteiger partial charge in [0, 0.05) is 4.47 Å². The summed E-state index contributed by atoms with van der Waals surface area (Å²) >= 11 is 9.15. The maximum atomic E-state index is 8.85. The highest BCUT2D eigenvalue weighted by atomic mass is 79.9. The van der Waals surface area contributed by atoms with Crippen LogP contribution >= 0.6 is 27.5 Å². The van der Waals surface area contributed by atoms with Crippen molar-refractivity contribution in [2.75, 3.05) is 13.2 Å². The Morgan fingerprint density at radius 2 is 2.33 bits per heavy atom. The Labute approximate surface area is 101 Å². The van der Waals surface area contributed by atoms with Crippen LogP contribution in [0.4, 0.5) is 0 Å². The van der Waals surface area contributed by atoms with Crippen LogP contribution in [0, 0.1) is 11.3 Å². The second-order valence-electron chi connectivity index (χ2n) is 2.78. The number of halogens is 2. The SMILES string of the molecule is N#CC(OCCO)c1ccc(Br)c(Cl)c1. The van der Waals surface area contributed by atoms with Gasteiger partial charge in [0.2, 0.25) is 0 Å². The maximum Gasteiger partial charge on any atom is 0.169 e. The van der Waals surface area contributed by atoms with Crippen LogP contribution in [-0.2, 0) is 4.74 Å². The van der Waals surface area contributed by atoms with Gasteiger partial charge in [-0.2, -0.15) is 5.26 Å². The van der Waals surface area contributed by atoms with Crippen molar-refractivity contribution >= 4 is 27.5 Å². The van der Waals surface area contributed by atoms with Crippen LogP contribution in [-0.4, -0.2) is 18.3 Å². The van der Waals surface area contributed by atoms with E-state index >= 15 is 0 Å². The average Bonchev–Trinajstić information content (AvgIpc) is 2.24. The fraction of sp³-hybridized carbons (Fsp3) is 0.300. The molecule has 0 bridgehead atoms. The second kappa shape index (κ2) is 6.09. The number of hydrogen-bond acceptors (Lipinski definition) is 3. The molecule has 5 heteroatoms. The predicted octanol–water partition coefficient (Wildman–Crippen LogP) is 2.68. The van der Waals surface area contributed by atoms with Crippen molar-refractivity contribution in [3.05, 3.63) is 33.3 Å². The van der Waals surface area contributed by atoms with E-state index in [1.54, 1.807) is 18.2 Å². The molecule has 0 heterocycles. The minimum atomic E-state index is -0.692. The molecule has 80 valence electrons. The third kappa shape index (κ3) is 3.47. The summed E-state index contributed by atoms with van der Waals surface area (Å²) in [6.45, 7) is 0.0222. The summed E-state index contributed by atoms with van der Waals surface area (Å²) in [5.74, 6) is 0. The van der Waals surface area contributed by atoms with Gasteiger partial charge >= 0.3 is 0 Å². The van der Waals surface area contributed by atoms with Crippen LogP contribution in [0.15, 0.2) is 22.7 Å². The zero-order chi connectivity index (χ0) is 11.3. The van der Waals surface area contributed by atoms with Gasteiger partial charge in [-0.15, -0.1) is 0 Å². The molecule has 0 saturated heterocycles. The quantitative estimate of drug-likeness (QED) is 0.927. The van der Waals surface area contributed by atoms with Crippen molar-refractivity contribution in [2.24, 2.45) is 0 Å². The predicted molar refractivity (Wildman–Crippen MR) is 60.5 cm³/mol. The highest BCUT2D eigenvalue weighted by molar-refractivity contribution is 9.10. The molecular weight excluding hydrogens is 281 g/mol. The third-order valence-electron chi connectivity index (χ3n) is 1.74. The van der Waals surface area contributed by atoms with Crippen LogP contribution in [0.1, 0.15) is 11.7 Å². The first-order valence-electron chi connectivity index (χ1n) is 4.26. The molecule has 1 atom stereocenters. The normalized spacial score (nSPS) is 12.1. The van der Waals surface area contributed by atoms with Crippen LogP contribution < -0.4 is 0 Å². The van der Waals surface area contributed by atoms with Crippen LogP contribution in [0.25, 0.3) is 0 Å². The molecule has 0 spiro atoms. The Balaban J connectivity index is 2.84. The lowest BCUT2D eigenvalue weighted by atomic mass is 10.1. The van der Waals surface area contributed by atoms with Crippen LogP contribution in [0.2, 0.25) is 5.02 Å². The molecule has 1 rings (SSSR count). The summed E-state index contributed by atoms with van der Waals surface area (Å²) in [5, 5.41) is 18.0. The molecule has 1 aromatic carbocycles. The van der Waals surface area contributed by atoms with E-state index in [-0.39, 0.29) is 13.2 Å². The van der Waals surface area contributed by atoms with Crippen molar-refractivity contribution in [2.45, 2.75) is 6.10 Å². The van der Waals surface area contributed by atoms with Gasteiger partial charge < -0.3 is 9.84 Å². The molecule has 15 heavy (non-hydrogen) atoms. The van der Waals surface area contributed by atoms with Gasteiger partial charge in [-0.3, -0.25) is 0 Å². The van der Waals surface area contributed by atoms with E-state index in [9.17, 15) is 0 Å². The standard InChI is InChI=1S/C10H9BrClNO2/c11-8-2-1-7(5-9(8)12)10(6-13)15-4-3-14/h1-2,5,10,14H,3-4H2. The number of aliphatic hydroxyl groups is 1. The van der Waals surface area contributed by atoms with E-state index in [1.165, 1.54) is 0 Å². The van der Waals surface area contributed by atoms with E-state index in [0.29, 0.717) is 10.6 Å². The molecule has 0 radical (unpaired) electrons. The molecule has 0 aliphatic heterocycles. The number of ether oxygens (including phenoxy) is 1. The van der Waals surface area contributed by atoms with Gasteiger partial charge in [0.15, 0.2) is 6.10 Å². The molecule has 3 nitrogen and oxygen atoms in total. The largest absolute Gasteiger partial charge is 0.394 e. The van der Waals surface area contributed by atoms with E-state index in [2.05, 4.69) is 15.9 Å². The Morgan fingerprint density at radius 3 is 2.87 bits per heavy atom. The Morgan fingerprint density at radius 1 is 1.60 bits per heavy atom. The molecule has 0 aliphatic rings. The molecular formula is C10H9BrClNO2. The molecule has 1 N–H and O–H groups in total. The lowest BCUT2D eigenvalue weighted by Gasteiger charge is -2.10. The van der Waals surface area contributed by atoms with Gasteiger partial charge in [-0.1, -0.05) is 17.7 Å². The van der Waals surface area contributed by atoms with Crippen molar-refractivity contribution in [1.29, 1.82) is 5.26 Å². The minimum Gasteiger partial charge on any atom is -0.394 e. The van der Waals surface area contributed by atoms with Gasteiger partial charge in [-0.25, -0.2) is 0 Å². The molecule has 1 unspecified atom stereocenters. The highest BCUT2D eigenvalue weighted by Gasteiger charge is 2.11. The maximum absolute atomic E-state index is 8.85. The number of hydrogen-bond donors (Lipinski definition) is 1. The number of nitriles is 1. The van der Waals surface area contributed by atoms with Gasteiger partial charge in [0.05, 0.1) is 24.3 Å². The number of rotatable bonds is 4. The Kier molecular flexibility index (Phi) is 5.06. The highest BCUT2D eigenvalue weighted by Crippen LogP contribution is 2.27. The van der Waals surface area contributed by atoms with Gasteiger partial charge in [-0.05, 0) is 33.6 Å². The number of nitrogens with zero attached hydrogens (tertiary/aromatic N) is 1. The first-order chi connectivity index (χ1) is 7.19. The van der Waals surface area contributed by atoms with Crippen molar-refractivity contribution in [3.8, 4) is 6.07 Å². The Bertz CT molecular complexity index is 378. The van der Waals surface area contributed by atoms with Crippen molar-refractivity contribution in [3.63, 3.8) is 0 Å². The molecule has 0 saturated carbocycles. The fourth-order valence-corrected chi connectivity index (χ4v) is 1.49. The smallest absolute Gasteiger partial charge is 0.169 e. The van der Waals surface area contributed by atoms with E-state index in [1.807, 2.05) is 6.07 Å². The lowest BCUT2D eigenvalue weighted by molar-refractivity contribution is 0.0581. The zero-order valence-corrected chi connectivity index (χ0v) is 10.1. The van der Waals surface area contributed by atoms with Crippen molar-refractivity contribution < 1.29 is 9.84 Å². The summed E-state index contributed by atoms with van der Waals surface area (Å²) in [6.07, 6.45) is -0.692. The lowest BCUT2D eigenvalue weighted by Crippen LogP contribution is -2.06. The number of aliphatic hydroxyl groups excluding tert-OH is 1. The zero-order valence-electron chi connectivity index (χ0n) is 7.78. The molecule has 0 amide bonds. The fourth-order valence-electron chi connectivity index (χ4n) is 1.05. The second-order valence-corrected chi connectivity index (χ2v) is 4.04. The van der Waals surface area contributed by atoms with Gasteiger partial charge in [0.1, 0.15) is 0 Å². The number of benzene rings is 1. The molecule has 1 aromatic rings. The molecule has 0 aliphatic carbocycles. The monoisotopic (exact) mass is 289 g/mol. The summed E-state index contributed by atoms with van der Waals surface area (Å²) in [4.78, 5) is 0. The van der Waals surface area contributed by atoms with E-state index < -0.39 is 6.10 Å². The van der Waals surface area contributed by atoms with Crippen LogP contribution in [0.3, 0.4) is 0 Å². The van der Waals surface area contributed by atoms with Crippen LogP contribution in [0.5, 0.6) is 0 Å². The average molecular weight is 291 g/mol. The first kappa shape index (κ1) is 12.5. The summed E-state index contributed by atoms with van der Waals surface area (Å²) in [6, 6.07) is 7.16. The Hall–Kier alpha value is -0.600. The third-order valence-corrected chi connectivity index (χ3v) is 2.97. The minimum absolute atomic E-state index is 0.109. The first-order valence-corrected chi connectivity index (χ1v) is 5.43. The van der Waals surface area contributed by atoms with Crippen molar-refractivity contribution in [1.82, 2.24) is 0 Å².